The first kappa shape index (κ1) is 12.5. The molecule has 1 aromatic carbocycles. The number of H-pyrrole nitrogens is 1. The third-order valence-corrected chi connectivity index (χ3v) is 4.29. The van der Waals surface area contributed by atoms with E-state index in [9.17, 15) is 4.79 Å². The van der Waals surface area contributed by atoms with Crippen LogP contribution in [0.3, 0.4) is 0 Å². The molecule has 5 nitrogen and oxygen atoms in total. The second-order valence-electron chi connectivity index (χ2n) is 4.57. The Hall–Kier alpha value is -1.57. The molecule has 0 amide bonds. The zero-order chi connectivity index (χ0) is 13.4. The number of nitrogens with zero attached hydrogens (tertiary/aromatic N) is 2. The summed E-state index contributed by atoms with van der Waals surface area (Å²) in [5.74, 6) is 0.748. The van der Waals surface area contributed by atoms with Gasteiger partial charge in [-0.05, 0) is 52.3 Å². The minimum atomic E-state index is -0.0935. The molecule has 2 heterocycles. The molecule has 19 heavy (non-hydrogen) atoms. The number of fused-ring (bicyclic) bond motifs is 1. The van der Waals surface area contributed by atoms with Gasteiger partial charge >= 0.3 is 0 Å². The fraction of sp³-hybridized carbons (Fsp3) is 0.231. The van der Waals surface area contributed by atoms with Gasteiger partial charge in [-0.15, -0.1) is 0 Å². The van der Waals surface area contributed by atoms with Crippen molar-refractivity contribution in [3.05, 3.63) is 49.6 Å². The first-order valence-corrected chi connectivity index (χ1v) is 7.08. The number of aromatic nitrogens is 2. The number of aromatic amines is 1. The maximum atomic E-state index is 11.6. The number of hydrogen-bond acceptors (Lipinski definition) is 4. The number of nitrogens with two attached hydrogens (primary N) is 1. The Kier molecular flexibility index (Phi) is 3.17. The van der Waals surface area contributed by atoms with E-state index in [0.717, 1.165) is 31.0 Å². The molecule has 2 aromatic rings. The Bertz CT molecular complexity index is 683. The maximum absolute atomic E-state index is 11.6. The molecule has 6 heteroatoms. The van der Waals surface area contributed by atoms with Gasteiger partial charge in [0.05, 0.1) is 6.33 Å². The van der Waals surface area contributed by atoms with E-state index in [-0.39, 0.29) is 5.56 Å². The van der Waals surface area contributed by atoms with Crippen LogP contribution in [0, 0.1) is 3.57 Å². The van der Waals surface area contributed by atoms with E-state index in [1.54, 1.807) is 0 Å². The second kappa shape index (κ2) is 4.84. The average Bonchev–Trinajstić information content (AvgIpc) is 2.41. The molecule has 98 valence electrons. The molecule has 0 radical (unpaired) electrons. The summed E-state index contributed by atoms with van der Waals surface area (Å²) in [5.41, 5.74) is 9.04. The Morgan fingerprint density at radius 3 is 3.05 bits per heavy atom. The normalized spacial score (nSPS) is 14.3. The van der Waals surface area contributed by atoms with Gasteiger partial charge in [0, 0.05) is 18.8 Å². The Balaban J connectivity index is 1.97. The van der Waals surface area contributed by atoms with Crippen LogP contribution in [0.15, 0.2) is 29.3 Å². The van der Waals surface area contributed by atoms with Crippen LogP contribution < -0.4 is 16.2 Å². The summed E-state index contributed by atoms with van der Waals surface area (Å²) in [6.45, 7) is 1.61. The summed E-state index contributed by atoms with van der Waals surface area (Å²) >= 11 is 2.04. The van der Waals surface area contributed by atoms with E-state index in [0.29, 0.717) is 3.57 Å². The summed E-state index contributed by atoms with van der Waals surface area (Å²) in [6, 6.07) is 6.02. The van der Waals surface area contributed by atoms with E-state index in [1.165, 1.54) is 17.5 Å². The Labute approximate surface area is 124 Å². The SMILES string of the molecule is Nc1ccc2c(c1)CN(c1nc[nH]c(=O)c1I)CC2. The van der Waals surface area contributed by atoms with Crippen molar-refractivity contribution < 1.29 is 0 Å². The van der Waals surface area contributed by atoms with Crippen molar-refractivity contribution in [3.8, 4) is 0 Å². The smallest absolute Gasteiger partial charge is 0.266 e. The lowest BCUT2D eigenvalue weighted by Crippen LogP contribution is -2.33. The summed E-state index contributed by atoms with van der Waals surface area (Å²) < 4.78 is 0.632. The highest BCUT2D eigenvalue weighted by atomic mass is 127. The minimum Gasteiger partial charge on any atom is -0.399 e. The highest BCUT2D eigenvalue weighted by Crippen LogP contribution is 2.26. The zero-order valence-corrected chi connectivity index (χ0v) is 12.3. The quantitative estimate of drug-likeness (QED) is 0.591. The van der Waals surface area contributed by atoms with Crippen LogP contribution in [0.1, 0.15) is 11.1 Å². The Morgan fingerprint density at radius 1 is 1.37 bits per heavy atom. The largest absolute Gasteiger partial charge is 0.399 e. The number of anilines is 2. The zero-order valence-electron chi connectivity index (χ0n) is 10.2. The number of benzene rings is 1. The van der Waals surface area contributed by atoms with E-state index in [1.807, 2.05) is 34.7 Å². The summed E-state index contributed by atoms with van der Waals surface area (Å²) in [7, 11) is 0. The molecule has 0 bridgehead atoms. The molecule has 1 aliphatic heterocycles. The van der Waals surface area contributed by atoms with Crippen LogP contribution in [0.25, 0.3) is 0 Å². The molecule has 0 fully saturated rings. The number of nitrogen functional groups attached to an aromatic ring is 1. The fourth-order valence-electron chi connectivity index (χ4n) is 2.35. The highest BCUT2D eigenvalue weighted by molar-refractivity contribution is 14.1. The van der Waals surface area contributed by atoms with Crippen molar-refractivity contribution in [2.45, 2.75) is 13.0 Å². The van der Waals surface area contributed by atoms with E-state index < -0.39 is 0 Å². The molecule has 0 saturated carbocycles. The lowest BCUT2D eigenvalue weighted by Gasteiger charge is -2.30. The molecule has 0 unspecified atom stereocenters. The maximum Gasteiger partial charge on any atom is 0.266 e. The standard InChI is InChI=1S/C13H13IN4O/c14-11-12(16-7-17-13(11)19)18-4-3-8-1-2-10(15)5-9(8)6-18/h1-2,5,7H,3-4,6,15H2,(H,16,17,19). The number of halogens is 1. The van der Waals surface area contributed by atoms with Crippen molar-refractivity contribution in [1.82, 2.24) is 9.97 Å². The molecule has 0 spiro atoms. The van der Waals surface area contributed by atoms with Crippen molar-refractivity contribution >= 4 is 34.1 Å². The van der Waals surface area contributed by atoms with Crippen molar-refractivity contribution in [1.29, 1.82) is 0 Å². The molecule has 3 N–H and O–H groups in total. The predicted molar refractivity (Wildman–Crippen MR) is 83.2 cm³/mol. The van der Waals surface area contributed by atoms with Gasteiger partial charge in [-0.3, -0.25) is 4.79 Å². The van der Waals surface area contributed by atoms with Gasteiger partial charge in [0.2, 0.25) is 0 Å². The topological polar surface area (TPSA) is 75.0 Å². The van der Waals surface area contributed by atoms with E-state index in [2.05, 4.69) is 20.9 Å². The third kappa shape index (κ3) is 2.32. The van der Waals surface area contributed by atoms with Crippen molar-refractivity contribution in [2.75, 3.05) is 17.2 Å². The summed E-state index contributed by atoms with van der Waals surface area (Å²) in [4.78, 5) is 20.6. The molecule has 0 saturated heterocycles. The summed E-state index contributed by atoms with van der Waals surface area (Å²) in [5, 5.41) is 0. The van der Waals surface area contributed by atoms with Gasteiger partial charge in [0.1, 0.15) is 9.39 Å². The van der Waals surface area contributed by atoms with Crippen molar-refractivity contribution in [2.24, 2.45) is 0 Å². The van der Waals surface area contributed by atoms with Gasteiger partial charge < -0.3 is 15.6 Å². The Morgan fingerprint density at radius 2 is 2.21 bits per heavy atom. The van der Waals surface area contributed by atoms with Gasteiger partial charge in [-0.25, -0.2) is 4.98 Å². The summed E-state index contributed by atoms with van der Waals surface area (Å²) in [6.07, 6.45) is 2.40. The molecule has 1 aliphatic rings. The van der Waals surface area contributed by atoms with Crippen LogP contribution in [0.2, 0.25) is 0 Å². The minimum absolute atomic E-state index is 0.0935. The molecule has 0 aliphatic carbocycles. The number of hydrogen-bond donors (Lipinski definition) is 2. The van der Waals surface area contributed by atoms with E-state index >= 15 is 0 Å². The van der Waals surface area contributed by atoms with Crippen molar-refractivity contribution in [3.63, 3.8) is 0 Å². The van der Waals surface area contributed by atoms with Crippen LogP contribution >= 0.6 is 22.6 Å². The second-order valence-corrected chi connectivity index (χ2v) is 5.65. The number of rotatable bonds is 1. The van der Waals surface area contributed by atoms with Gasteiger partial charge in [0.25, 0.3) is 5.56 Å². The van der Waals surface area contributed by atoms with Gasteiger partial charge in [-0.2, -0.15) is 0 Å². The first-order chi connectivity index (χ1) is 9.15. The molecule has 3 rings (SSSR count). The fourth-order valence-corrected chi connectivity index (χ4v) is 2.99. The van der Waals surface area contributed by atoms with Crippen LogP contribution in [-0.2, 0) is 13.0 Å². The van der Waals surface area contributed by atoms with E-state index in [4.69, 9.17) is 5.73 Å². The molecular weight excluding hydrogens is 355 g/mol. The monoisotopic (exact) mass is 368 g/mol. The molecular formula is C13H13IN4O. The lowest BCUT2D eigenvalue weighted by atomic mass is 9.99. The number of nitrogens with one attached hydrogen (secondary N) is 1. The molecule has 1 aromatic heterocycles. The van der Waals surface area contributed by atoms with Crippen LogP contribution in [-0.4, -0.2) is 16.5 Å². The van der Waals surface area contributed by atoms with Gasteiger partial charge in [-0.1, -0.05) is 6.07 Å². The average molecular weight is 368 g/mol. The highest BCUT2D eigenvalue weighted by Gasteiger charge is 2.20. The van der Waals surface area contributed by atoms with Crippen LogP contribution in [0.5, 0.6) is 0 Å². The lowest BCUT2D eigenvalue weighted by molar-refractivity contribution is 0.716. The van der Waals surface area contributed by atoms with Crippen LogP contribution in [0.4, 0.5) is 11.5 Å². The predicted octanol–water partition coefficient (Wildman–Crippen LogP) is 1.52. The first-order valence-electron chi connectivity index (χ1n) is 6.00. The third-order valence-electron chi connectivity index (χ3n) is 3.32. The molecule has 0 atom stereocenters. The van der Waals surface area contributed by atoms with Gasteiger partial charge in [0.15, 0.2) is 0 Å².